The molecule has 4 nitrogen and oxygen atoms in total. The van der Waals surface area contributed by atoms with E-state index in [4.69, 9.17) is 10.5 Å². The molecule has 0 saturated heterocycles. The number of para-hydroxylation sites is 1. The van der Waals surface area contributed by atoms with E-state index in [0.717, 1.165) is 16.9 Å². The van der Waals surface area contributed by atoms with Crippen molar-refractivity contribution in [2.45, 2.75) is 13.5 Å². The Hall–Kier alpha value is -2.49. The van der Waals surface area contributed by atoms with Gasteiger partial charge in [0.2, 0.25) is 0 Å². The summed E-state index contributed by atoms with van der Waals surface area (Å²) in [6.07, 6.45) is 0. The Balaban J connectivity index is 2.13. The highest BCUT2D eigenvalue weighted by Crippen LogP contribution is 2.19. The number of amides is 1. The maximum atomic E-state index is 12.2. The number of aryl methyl sites for hydroxylation is 1. The first-order valence-electron chi connectivity index (χ1n) is 6.38. The van der Waals surface area contributed by atoms with E-state index < -0.39 is 0 Å². The monoisotopic (exact) mass is 270 g/mol. The third kappa shape index (κ3) is 2.91. The molecule has 3 N–H and O–H groups in total. The van der Waals surface area contributed by atoms with Crippen molar-refractivity contribution in [3.8, 4) is 5.75 Å². The average molecular weight is 270 g/mol. The van der Waals surface area contributed by atoms with Gasteiger partial charge in [-0.1, -0.05) is 30.3 Å². The maximum absolute atomic E-state index is 12.2. The van der Waals surface area contributed by atoms with Crippen LogP contribution in [-0.4, -0.2) is 13.0 Å². The molecule has 20 heavy (non-hydrogen) atoms. The van der Waals surface area contributed by atoms with E-state index in [1.165, 1.54) is 0 Å². The lowest BCUT2D eigenvalue weighted by Crippen LogP contribution is -2.24. The second-order valence-corrected chi connectivity index (χ2v) is 4.53. The number of hydrogen-bond acceptors (Lipinski definition) is 3. The molecule has 4 heteroatoms. The molecule has 0 fully saturated rings. The molecular formula is C16H18N2O2. The zero-order valence-electron chi connectivity index (χ0n) is 11.6. The summed E-state index contributed by atoms with van der Waals surface area (Å²) in [6, 6.07) is 13.0. The van der Waals surface area contributed by atoms with Gasteiger partial charge >= 0.3 is 0 Å². The van der Waals surface area contributed by atoms with E-state index in [9.17, 15) is 4.79 Å². The first kappa shape index (κ1) is 13.9. The number of carbonyl (C=O) groups is 1. The molecule has 0 spiro atoms. The largest absolute Gasteiger partial charge is 0.496 e. The van der Waals surface area contributed by atoms with Crippen molar-refractivity contribution in [3.05, 3.63) is 59.2 Å². The highest BCUT2D eigenvalue weighted by Gasteiger charge is 2.12. The lowest BCUT2D eigenvalue weighted by Gasteiger charge is -2.12. The number of hydrogen-bond donors (Lipinski definition) is 2. The standard InChI is InChI=1S/C16H18N2O2/c1-11-6-5-8-13(17)15(11)16(19)18-10-12-7-3-4-9-14(12)20-2/h3-9H,10,17H2,1-2H3,(H,18,19). The molecule has 0 heterocycles. The van der Waals surface area contributed by atoms with Gasteiger partial charge in [-0.3, -0.25) is 4.79 Å². The third-order valence-electron chi connectivity index (χ3n) is 3.16. The number of nitrogen functional groups attached to an aromatic ring is 1. The van der Waals surface area contributed by atoms with Crippen LogP contribution in [-0.2, 0) is 6.54 Å². The van der Waals surface area contributed by atoms with E-state index in [1.54, 1.807) is 13.2 Å². The molecule has 0 aromatic heterocycles. The summed E-state index contributed by atoms with van der Waals surface area (Å²) in [5.41, 5.74) is 8.67. The minimum Gasteiger partial charge on any atom is -0.496 e. The fourth-order valence-electron chi connectivity index (χ4n) is 2.11. The van der Waals surface area contributed by atoms with Crippen molar-refractivity contribution in [3.63, 3.8) is 0 Å². The van der Waals surface area contributed by atoms with Gasteiger partial charge in [-0.2, -0.15) is 0 Å². The molecule has 2 rings (SSSR count). The molecule has 0 radical (unpaired) electrons. The predicted molar refractivity (Wildman–Crippen MR) is 79.8 cm³/mol. The van der Waals surface area contributed by atoms with Crippen LogP contribution in [0.2, 0.25) is 0 Å². The van der Waals surface area contributed by atoms with Gasteiger partial charge in [0.25, 0.3) is 5.91 Å². The zero-order valence-corrected chi connectivity index (χ0v) is 11.6. The summed E-state index contributed by atoms with van der Waals surface area (Å²) >= 11 is 0. The molecular weight excluding hydrogens is 252 g/mol. The Kier molecular flexibility index (Phi) is 4.25. The van der Waals surface area contributed by atoms with Crippen LogP contribution in [0.5, 0.6) is 5.75 Å². The molecule has 0 aliphatic rings. The fourth-order valence-corrected chi connectivity index (χ4v) is 2.11. The molecule has 0 bridgehead atoms. The quantitative estimate of drug-likeness (QED) is 0.839. The number of rotatable bonds is 4. The van der Waals surface area contributed by atoms with Crippen LogP contribution >= 0.6 is 0 Å². The van der Waals surface area contributed by atoms with Crippen molar-refractivity contribution < 1.29 is 9.53 Å². The smallest absolute Gasteiger partial charge is 0.253 e. The number of nitrogens with one attached hydrogen (secondary N) is 1. The molecule has 0 saturated carbocycles. The number of anilines is 1. The molecule has 104 valence electrons. The number of ether oxygens (including phenoxy) is 1. The van der Waals surface area contributed by atoms with Crippen molar-refractivity contribution in [1.82, 2.24) is 5.32 Å². The summed E-state index contributed by atoms with van der Waals surface area (Å²) in [6.45, 7) is 2.27. The molecule has 2 aromatic carbocycles. The molecule has 1 amide bonds. The van der Waals surface area contributed by atoms with Gasteiger partial charge in [-0.05, 0) is 24.6 Å². The second kappa shape index (κ2) is 6.10. The Morgan fingerprint density at radius 2 is 1.95 bits per heavy atom. The molecule has 0 aliphatic heterocycles. The van der Waals surface area contributed by atoms with Crippen LogP contribution in [0.3, 0.4) is 0 Å². The van der Waals surface area contributed by atoms with Crippen LogP contribution in [0, 0.1) is 6.92 Å². The fraction of sp³-hybridized carbons (Fsp3) is 0.188. The maximum Gasteiger partial charge on any atom is 0.253 e. The number of carbonyl (C=O) groups excluding carboxylic acids is 1. The van der Waals surface area contributed by atoms with Crippen molar-refractivity contribution >= 4 is 11.6 Å². The van der Waals surface area contributed by atoms with Crippen molar-refractivity contribution in [1.29, 1.82) is 0 Å². The minimum atomic E-state index is -0.175. The van der Waals surface area contributed by atoms with Gasteiger partial charge in [-0.25, -0.2) is 0 Å². The Labute approximate surface area is 118 Å². The second-order valence-electron chi connectivity index (χ2n) is 4.53. The van der Waals surface area contributed by atoms with Gasteiger partial charge in [0.1, 0.15) is 5.75 Å². The van der Waals surface area contributed by atoms with Gasteiger partial charge in [0.05, 0.1) is 12.7 Å². The summed E-state index contributed by atoms with van der Waals surface area (Å²) in [5, 5.41) is 2.87. The molecule has 2 aromatic rings. The summed E-state index contributed by atoms with van der Waals surface area (Å²) in [5.74, 6) is 0.581. The number of methoxy groups -OCH3 is 1. The lowest BCUT2D eigenvalue weighted by molar-refractivity contribution is 0.0951. The van der Waals surface area contributed by atoms with E-state index in [2.05, 4.69) is 5.32 Å². The van der Waals surface area contributed by atoms with E-state index in [1.807, 2.05) is 43.3 Å². The third-order valence-corrected chi connectivity index (χ3v) is 3.16. The van der Waals surface area contributed by atoms with Gasteiger partial charge in [0, 0.05) is 17.8 Å². The van der Waals surface area contributed by atoms with E-state index in [-0.39, 0.29) is 5.91 Å². The topological polar surface area (TPSA) is 64.3 Å². The summed E-state index contributed by atoms with van der Waals surface area (Å²) < 4.78 is 5.25. The van der Waals surface area contributed by atoms with Crippen molar-refractivity contribution in [2.75, 3.05) is 12.8 Å². The van der Waals surface area contributed by atoms with Crippen LogP contribution < -0.4 is 15.8 Å². The number of benzene rings is 2. The van der Waals surface area contributed by atoms with Gasteiger partial charge < -0.3 is 15.8 Å². The number of nitrogens with two attached hydrogens (primary N) is 1. The highest BCUT2D eigenvalue weighted by atomic mass is 16.5. The first-order chi connectivity index (χ1) is 9.63. The first-order valence-corrected chi connectivity index (χ1v) is 6.38. The van der Waals surface area contributed by atoms with Crippen LogP contribution in [0.25, 0.3) is 0 Å². The van der Waals surface area contributed by atoms with Gasteiger partial charge in [0.15, 0.2) is 0 Å². The Morgan fingerprint density at radius 1 is 1.20 bits per heavy atom. The van der Waals surface area contributed by atoms with Gasteiger partial charge in [-0.15, -0.1) is 0 Å². The molecule has 0 aliphatic carbocycles. The zero-order chi connectivity index (χ0) is 14.5. The molecule has 0 unspecified atom stereocenters. The predicted octanol–water partition coefficient (Wildman–Crippen LogP) is 2.52. The minimum absolute atomic E-state index is 0.175. The highest BCUT2D eigenvalue weighted by molar-refractivity contribution is 6.00. The lowest BCUT2D eigenvalue weighted by atomic mass is 10.1. The summed E-state index contributed by atoms with van der Waals surface area (Å²) in [4.78, 5) is 12.2. The van der Waals surface area contributed by atoms with E-state index >= 15 is 0 Å². The normalized spacial score (nSPS) is 10.1. The Bertz CT molecular complexity index is 603. The van der Waals surface area contributed by atoms with Crippen LogP contribution in [0.15, 0.2) is 42.5 Å². The van der Waals surface area contributed by atoms with Crippen molar-refractivity contribution in [2.24, 2.45) is 0 Å². The van der Waals surface area contributed by atoms with E-state index in [0.29, 0.717) is 17.8 Å². The average Bonchev–Trinajstić information content (AvgIpc) is 2.45. The van der Waals surface area contributed by atoms with Crippen LogP contribution in [0.4, 0.5) is 5.69 Å². The summed E-state index contributed by atoms with van der Waals surface area (Å²) in [7, 11) is 1.61. The Morgan fingerprint density at radius 3 is 2.65 bits per heavy atom. The molecule has 0 atom stereocenters. The van der Waals surface area contributed by atoms with Crippen LogP contribution in [0.1, 0.15) is 21.5 Å². The SMILES string of the molecule is COc1ccccc1CNC(=O)c1c(C)cccc1N.